The van der Waals surface area contributed by atoms with Crippen molar-refractivity contribution in [2.45, 2.75) is 24.3 Å². The van der Waals surface area contributed by atoms with Crippen LogP contribution in [0.25, 0.3) is 0 Å². The second-order valence-electron chi connectivity index (χ2n) is 3.77. The molecule has 0 amide bonds. The lowest BCUT2D eigenvalue weighted by molar-refractivity contribution is -0.387. The quantitative estimate of drug-likeness (QED) is 0.636. The fourth-order valence-electron chi connectivity index (χ4n) is 1.55. The molecule has 1 aromatic rings. The van der Waals surface area contributed by atoms with Crippen molar-refractivity contribution in [3.63, 3.8) is 0 Å². The van der Waals surface area contributed by atoms with Crippen LogP contribution in [0.3, 0.4) is 0 Å². The van der Waals surface area contributed by atoms with Gasteiger partial charge in [0, 0.05) is 22.4 Å². The zero-order valence-corrected chi connectivity index (χ0v) is 10.9. The van der Waals surface area contributed by atoms with Crippen molar-refractivity contribution in [1.82, 2.24) is 0 Å². The highest BCUT2D eigenvalue weighted by Crippen LogP contribution is 2.22. The molecule has 0 fully saturated rings. The highest BCUT2D eigenvalue weighted by Gasteiger charge is 2.25. The van der Waals surface area contributed by atoms with E-state index in [-0.39, 0.29) is 17.7 Å². The van der Waals surface area contributed by atoms with Gasteiger partial charge in [-0.2, -0.15) is 4.39 Å². The van der Waals surface area contributed by atoms with Gasteiger partial charge in [-0.25, -0.2) is 0 Å². The van der Waals surface area contributed by atoms with Crippen molar-refractivity contribution < 1.29 is 23.4 Å². The SMILES string of the molecule is CCC(C(=O)O)S(=O)Cc1cccc([N+](=O)[O-])c1F. The highest BCUT2D eigenvalue weighted by atomic mass is 32.2. The van der Waals surface area contributed by atoms with E-state index in [9.17, 15) is 23.5 Å². The molecule has 0 aliphatic rings. The van der Waals surface area contributed by atoms with Crippen LogP contribution in [0.1, 0.15) is 18.9 Å². The van der Waals surface area contributed by atoms with Gasteiger partial charge < -0.3 is 5.11 Å². The van der Waals surface area contributed by atoms with Crippen LogP contribution in [0.5, 0.6) is 0 Å². The van der Waals surface area contributed by atoms with Crippen LogP contribution < -0.4 is 0 Å². The molecule has 2 atom stereocenters. The second-order valence-corrected chi connectivity index (χ2v) is 5.39. The lowest BCUT2D eigenvalue weighted by atomic mass is 10.2. The summed E-state index contributed by atoms with van der Waals surface area (Å²) in [6.45, 7) is 1.56. The van der Waals surface area contributed by atoms with Crippen LogP contribution in [0, 0.1) is 15.9 Å². The normalized spacial score (nSPS) is 13.8. The van der Waals surface area contributed by atoms with E-state index >= 15 is 0 Å². The Morgan fingerprint density at radius 2 is 2.21 bits per heavy atom. The molecule has 0 aliphatic carbocycles. The van der Waals surface area contributed by atoms with Gasteiger partial charge in [0.2, 0.25) is 5.82 Å². The molecule has 0 radical (unpaired) electrons. The summed E-state index contributed by atoms with van der Waals surface area (Å²) >= 11 is 0. The standard InChI is InChI=1S/C11H12FNO5S/c1-2-9(11(14)15)19(18)6-7-4-3-5-8(10(7)12)13(16)17/h3-5,9H,2,6H2,1H3,(H,14,15). The van der Waals surface area contributed by atoms with Gasteiger partial charge in [-0.05, 0) is 6.42 Å². The predicted molar refractivity (Wildman–Crippen MR) is 66.6 cm³/mol. The summed E-state index contributed by atoms with van der Waals surface area (Å²) in [5.74, 6) is -2.66. The van der Waals surface area contributed by atoms with E-state index in [1.54, 1.807) is 6.92 Å². The smallest absolute Gasteiger partial charge is 0.319 e. The Labute approximate surface area is 110 Å². The summed E-state index contributed by atoms with van der Waals surface area (Å²) < 4.78 is 25.5. The van der Waals surface area contributed by atoms with Crippen molar-refractivity contribution >= 4 is 22.5 Å². The summed E-state index contributed by atoms with van der Waals surface area (Å²) in [5.41, 5.74) is -0.829. The van der Waals surface area contributed by atoms with Crippen molar-refractivity contribution in [2.75, 3.05) is 0 Å². The number of carbonyl (C=O) groups is 1. The van der Waals surface area contributed by atoms with E-state index in [2.05, 4.69) is 0 Å². The second kappa shape index (κ2) is 6.37. The third kappa shape index (κ3) is 3.57. The van der Waals surface area contributed by atoms with E-state index in [0.717, 1.165) is 6.07 Å². The van der Waals surface area contributed by atoms with Crippen LogP contribution in [0.15, 0.2) is 18.2 Å². The number of rotatable bonds is 6. The minimum absolute atomic E-state index is 0.118. The molecule has 1 rings (SSSR count). The molecular weight excluding hydrogens is 277 g/mol. The highest BCUT2D eigenvalue weighted by molar-refractivity contribution is 7.85. The molecule has 2 unspecified atom stereocenters. The molecule has 0 saturated carbocycles. The summed E-state index contributed by atoms with van der Waals surface area (Å²) in [4.78, 5) is 20.5. The van der Waals surface area contributed by atoms with E-state index in [4.69, 9.17) is 5.11 Å². The molecule has 0 heterocycles. The number of nitro benzene ring substituents is 1. The first kappa shape index (κ1) is 15.2. The van der Waals surface area contributed by atoms with Gasteiger partial charge in [-0.1, -0.05) is 19.1 Å². The molecule has 8 heteroatoms. The first-order valence-corrected chi connectivity index (χ1v) is 6.78. The van der Waals surface area contributed by atoms with Gasteiger partial charge in [0.25, 0.3) is 0 Å². The maximum atomic E-state index is 13.7. The zero-order valence-electron chi connectivity index (χ0n) is 10.0. The molecule has 1 N–H and O–H groups in total. The monoisotopic (exact) mass is 289 g/mol. The Morgan fingerprint density at radius 1 is 1.58 bits per heavy atom. The van der Waals surface area contributed by atoms with Crippen LogP contribution in [0.4, 0.5) is 10.1 Å². The summed E-state index contributed by atoms with van der Waals surface area (Å²) in [7, 11) is -1.83. The van der Waals surface area contributed by atoms with Crippen LogP contribution >= 0.6 is 0 Å². The largest absolute Gasteiger partial charge is 0.480 e. The van der Waals surface area contributed by atoms with Gasteiger partial charge >= 0.3 is 11.7 Å². The molecular formula is C11H12FNO5S. The number of carboxylic acid groups (broad SMARTS) is 1. The molecule has 1 aromatic carbocycles. The third-order valence-electron chi connectivity index (χ3n) is 2.52. The van der Waals surface area contributed by atoms with Crippen LogP contribution in [-0.2, 0) is 21.3 Å². The van der Waals surface area contributed by atoms with Gasteiger partial charge in [-0.15, -0.1) is 0 Å². The predicted octanol–water partition coefficient (Wildman–Crippen LogP) is 1.85. The van der Waals surface area contributed by atoms with Gasteiger partial charge in [-0.3, -0.25) is 19.1 Å². The van der Waals surface area contributed by atoms with E-state index in [0.29, 0.717) is 0 Å². The van der Waals surface area contributed by atoms with Crippen molar-refractivity contribution in [3.05, 3.63) is 39.7 Å². The number of benzene rings is 1. The lowest BCUT2D eigenvalue weighted by Crippen LogP contribution is -2.25. The third-order valence-corrected chi connectivity index (χ3v) is 4.28. The molecule has 0 aromatic heterocycles. The first-order valence-electron chi connectivity index (χ1n) is 5.40. The Bertz CT molecular complexity index is 534. The van der Waals surface area contributed by atoms with Crippen LogP contribution in [0.2, 0.25) is 0 Å². The van der Waals surface area contributed by atoms with Crippen LogP contribution in [-0.4, -0.2) is 25.5 Å². The Hall–Kier alpha value is -1.83. The van der Waals surface area contributed by atoms with E-state index in [1.807, 2.05) is 0 Å². The Balaban J connectivity index is 3.00. The average Bonchev–Trinajstić information content (AvgIpc) is 2.31. The zero-order chi connectivity index (χ0) is 14.6. The molecule has 0 saturated heterocycles. The van der Waals surface area contributed by atoms with Gasteiger partial charge in [0.1, 0.15) is 5.25 Å². The minimum atomic E-state index is -1.83. The minimum Gasteiger partial charge on any atom is -0.480 e. The molecule has 0 spiro atoms. The fourth-order valence-corrected chi connectivity index (χ4v) is 2.87. The first-order chi connectivity index (χ1) is 8.88. The van der Waals surface area contributed by atoms with E-state index < -0.39 is 38.4 Å². The van der Waals surface area contributed by atoms with Gasteiger partial charge in [0.05, 0.1) is 10.7 Å². The molecule has 19 heavy (non-hydrogen) atoms. The lowest BCUT2D eigenvalue weighted by Gasteiger charge is -2.10. The molecule has 6 nitrogen and oxygen atoms in total. The summed E-state index contributed by atoms with van der Waals surface area (Å²) in [6, 6.07) is 3.53. The van der Waals surface area contributed by atoms with Gasteiger partial charge in [0.15, 0.2) is 0 Å². The number of hydrogen-bond donors (Lipinski definition) is 1. The number of halogens is 1. The maximum absolute atomic E-state index is 13.7. The number of nitrogens with zero attached hydrogens (tertiary/aromatic N) is 1. The number of nitro groups is 1. The topological polar surface area (TPSA) is 97.5 Å². The maximum Gasteiger partial charge on any atom is 0.319 e. The van der Waals surface area contributed by atoms with Crippen molar-refractivity contribution in [3.8, 4) is 0 Å². The fraction of sp³-hybridized carbons (Fsp3) is 0.364. The van der Waals surface area contributed by atoms with Crippen molar-refractivity contribution in [2.24, 2.45) is 0 Å². The number of aliphatic carboxylic acids is 1. The average molecular weight is 289 g/mol. The summed E-state index contributed by atoms with van der Waals surface area (Å²) in [6.07, 6.45) is 0.137. The van der Waals surface area contributed by atoms with E-state index in [1.165, 1.54) is 12.1 Å². The summed E-state index contributed by atoms with van der Waals surface area (Å²) in [5, 5.41) is 18.3. The number of hydrogen-bond acceptors (Lipinski definition) is 4. The molecule has 0 aliphatic heterocycles. The Kier molecular flexibility index (Phi) is 5.11. The molecule has 104 valence electrons. The van der Waals surface area contributed by atoms with Crippen molar-refractivity contribution in [1.29, 1.82) is 0 Å². The Morgan fingerprint density at radius 3 is 2.68 bits per heavy atom. The number of carboxylic acids is 1. The molecule has 0 bridgehead atoms.